The van der Waals surface area contributed by atoms with Gasteiger partial charge in [-0.05, 0) is 43.8 Å². The van der Waals surface area contributed by atoms with Gasteiger partial charge in [-0.25, -0.2) is 0 Å². The Bertz CT molecular complexity index is 592. The maximum atomic E-state index is 6.34. The molecule has 0 aliphatic heterocycles. The molecule has 0 saturated heterocycles. The first-order valence-corrected chi connectivity index (χ1v) is 8.51. The zero-order valence-corrected chi connectivity index (χ0v) is 14.6. The molecule has 0 aliphatic carbocycles. The van der Waals surface area contributed by atoms with Crippen LogP contribution in [0.1, 0.15) is 29.8 Å². The minimum absolute atomic E-state index is 0.242. The summed E-state index contributed by atoms with van der Waals surface area (Å²) in [4.78, 5) is 1.31. The van der Waals surface area contributed by atoms with Crippen molar-refractivity contribution in [2.45, 2.75) is 31.2 Å². The van der Waals surface area contributed by atoms with E-state index in [-0.39, 0.29) is 6.04 Å². The number of aromatic nitrogens is 2. The molecule has 1 aromatic heterocycles. The normalized spacial score (nSPS) is 12.6. The lowest BCUT2D eigenvalue weighted by Gasteiger charge is -2.17. The van der Waals surface area contributed by atoms with Crippen LogP contribution in [0, 0.1) is 6.92 Å². The van der Waals surface area contributed by atoms with Crippen molar-refractivity contribution >= 4 is 23.4 Å². The van der Waals surface area contributed by atoms with Gasteiger partial charge >= 0.3 is 0 Å². The molecule has 0 aliphatic rings. The third kappa shape index (κ3) is 3.82. The van der Waals surface area contributed by atoms with Crippen LogP contribution in [0.4, 0.5) is 0 Å². The average molecular weight is 324 g/mol. The number of aryl methyl sites for hydroxylation is 2. The van der Waals surface area contributed by atoms with E-state index in [4.69, 9.17) is 11.6 Å². The first kappa shape index (κ1) is 16.4. The lowest BCUT2D eigenvalue weighted by atomic mass is 9.99. The van der Waals surface area contributed by atoms with Crippen LogP contribution in [0.5, 0.6) is 0 Å². The second-order valence-electron chi connectivity index (χ2n) is 5.03. The van der Waals surface area contributed by atoms with Crippen LogP contribution < -0.4 is 5.32 Å². The predicted octanol–water partition coefficient (Wildman–Crippen LogP) is 4.00. The van der Waals surface area contributed by atoms with Crippen molar-refractivity contribution in [2.24, 2.45) is 7.05 Å². The first-order valence-electron chi connectivity index (χ1n) is 7.14. The molecule has 21 heavy (non-hydrogen) atoms. The van der Waals surface area contributed by atoms with Gasteiger partial charge < -0.3 is 5.32 Å². The zero-order valence-electron chi connectivity index (χ0n) is 13.0. The summed E-state index contributed by atoms with van der Waals surface area (Å²) in [5, 5.41) is 8.49. The summed E-state index contributed by atoms with van der Waals surface area (Å²) < 4.78 is 1.74. The van der Waals surface area contributed by atoms with E-state index < -0.39 is 0 Å². The Balaban J connectivity index is 2.19. The van der Waals surface area contributed by atoms with Crippen molar-refractivity contribution < 1.29 is 0 Å². The number of nitrogens with zero attached hydrogens (tertiary/aromatic N) is 2. The minimum Gasteiger partial charge on any atom is -0.313 e. The van der Waals surface area contributed by atoms with Crippen molar-refractivity contribution in [1.29, 1.82) is 0 Å². The molecule has 1 atom stereocenters. The molecular weight excluding hydrogens is 302 g/mol. The molecule has 2 aromatic rings. The fourth-order valence-corrected chi connectivity index (χ4v) is 3.37. The molecule has 1 heterocycles. The molecule has 0 fully saturated rings. The quantitative estimate of drug-likeness (QED) is 0.815. The Labute approximate surface area is 136 Å². The standard InChI is InChI=1S/C16H22ClN3S/c1-5-21-13-8-6-12(7-9-13)15(18-3)10-14-11(2)19-20(4)16(14)17/h6-9,15,18H,5,10H2,1-4H3. The summed E-state index contributed by atoms with van der Waals surface area (Å²) in [6, 6.07) is 9.00. The van der Waals surface area contributed by atoms with Gasteiger partial charge in [-0.15, -0.1) is 11.8 Å². The topological polar surface area (TPSA) is 29.9 Å². The van der Waals surface area contributed by atoms with Crippen LogP contribution in [-0.2, 0) is 13.5 Å². The molecule has 0 radical (unpaired) electrons. The van der Waals surface area contributed by atoms with E-state index in [9.17, 15) is 0 Å². The summed E-state index contributed by atoms with van der Waals surface area (Å²) >= 11 is 8.20. The molecule has 114 valence electrons. The highest BCUT2D eigenvalue weighted by Gasteiger charge is 2.17. The van der Waals surface area contributed by atoms with E-state index in [1.54, 1.807) is 4.68 Å². The van der Waals surface area contributed by atoms with Crippen LogP contribution in [0.3, 0.4) is 0 Å². The van der Waals surface area contributed by atoms with E-state index in [0.29, 0.717) is 0 Å². The molecule has 1 unspecified atom stereocenters. The van der Waals surface area contributed by atoms with Gasteiger partial charge in [0.1, 0.15) is 5.15 Å². The fraction of sp³-hybridized carbons (Fsp3) is 0.438. The van der Waals surface area contributed by atoms with Gasteiger partial charge in [-0.1, -0.05) is 30.7 Å². The van der Waals surface area contributed by atoms with E-state index in [1.165, 1.54) is 10.5 Å². The van der Waals surface area contributed by atoms with Crippen LogP contribution in [0.2, 0.25) is 5.15 Å². The van der Waals surface area contributed by atoms with Crippen molar-refractivity contribution in [2.75, 3.05) is 12.8 Å². The van der Waals surface area contributed by atoms with Crippen LogP contribution in [0.25, 0.3) is 0 Å². The second kappa shape index (κ2) is 7.34. The third-order valence-corrected chi connectivity index (χ3v) is 4.99. The maximum absolute atomic E-state index is 6.34. The summed E-state index contributed by atoms with van der Waals surface area (Å²) in [6.07, 6.45) is 0.843. The molecule has 3 nitrogen and oxygen atoms in total. The second-order valence-corrected chi connectivity index (χ2v) is 6.72. The van der Waals surface area contributed by atoms with E-state index >= 15 is 0 Å². The molecule has 0 amide bonds. The number of nitrogens with one attached hydrogen (secondary N) is 1. The molecule has 2 rings (SSSR count). The number of rotatable bonds is 6. The monoisotopic (exact) mass is 323 g/mol. The van der Waals surface area contributed by atoms with Crippen molar-refractivity contribution in [3.63, 3.8) is 0 Å². The number of benzene rings is 1. The van der Waals surface area contributed by atoms with Gasteiger partial charge in [0.05, 0.1) is 5.69 Å². The summed E-state index contributed by atoms with van der Waals surface area (Å²) in [6.45, 7) is 4.18. The van der Waals surface area contributed by atoms with Gasteiger partial charge in [0.25, 0.3) is 0 Å². The first-order chi connectivity index (χ1) is 10.1. The Morgan fingerprint density at radius 1 is 1.33 bits per heavy atom. The van der Waals surface area contributed by atoms with Gasteiger partial charge in [0.2, 0.25) is 0 Å². The molecule has 1 aromatic carbocycles. The zero-order chi connectivity index (χ0) is 15.4. The van der Waals surface area contributed by atoms with E-state index in [1.807, 2.05) is 32.8 Å². The van der Waals surface area contributed by atoms with Crippen LogP contribution in [-0.4, -0.2) is 22.6 Å². The van der Waals surface area contributed by atoms with E-state index in [0.717, 1.165) is 28.6 Å². The summed E-state index contributed by atoms with van der Waals surface area (Å²) in [5.74, 6) is 1.10. The highest BCUT2D eigenvalue weighted by atomic mass is 35.5. The van der Waals surface area contributed by atoms with Crippen molar-refractivity contribution in [3.8, 4) is 0 Å². The Morgan fingerprint density at radius 3 is 2.48 bits per heavy atom. The summed E-state index contributed by atoms with van der Waals surface area (Å²) in [7, 11) is 3.86. The molecular formula is C16H22ClN3S. The maximum Gasteiger partial charge on any atom is 0.130 e. The highest BCUT2D eigenvalue weighted by molar-refractivity contribution is 7.99. The van der Waals surface area contributed by atoms with Crippen LogP contribution in [0.15, 0.2) is 29.2 Å². The number of hydrogen-bond donors (Lipinski definition) is 1. The molecule has 1 N–H and O–H groups in total. The highest BCUT2D eigenvalue weighted by Crippen LogP contribution is 2.27. The minimum atomic E-state index is 0.242. The van der Waals surface area contributed by atoms with Gasteiger partial charge in [-0.3, -0.25) is 4.68 Å². The number of likely N-dealkylation sites (N-methyl/N-ethyl adjacent to an activating group) is 1. The summed E-state index contributed by atoms with van der Waals surface area (Å²) in [5.41, 5.74) is 3.39. The van der Waals surface area contributed by atoms with Gasteiger partial charge in [-0.2, -0.15) is 5.10 Å². The number of hydrogen-bond acceptors (Lipinski definition) is 3. The molecule has 0 saturated carbocycles. The molecule has 0 bridgehead atoms. The fourth-order valence-electron chi connectivity index (χ4n) is 2.46. The predicted molar refractivity (Wildman–Crippen MR) is 91.3 cm³/mol. The number of halogens is 1. The lowest BCUT2D eigenvalue weighted by Crippen LogP contribution is -2.19. The largest absolute Gasteiger partial charge is 0.313 e. The SMILES string of the molecule is CCSc1ccc(C(Cc2c(C)nn(C)c2Cl)NC)cc1. The Hall–Kier alpha value is -0.970. The lowest BCUT2D eigenvalue weighted by molar-refractivity contribution is 0.590. The molecule has 0 spiro atoms. The average Bonchev–Trinajstić information content (AvgIpc) is 2.72. The molecule has 5 heteroatoms. The van der Waals surface area contributed by atoms with Crippen molar-refractivity contribution in [1.82, 2.24) is 15.1 Å². The third-order valence-electron chi connectivity index (χ3n) is 3.62. The van der Waals surface area contributed by atoms with Gasteiger partial charge in [0.15, 0.2) is 0 Å². The Morgan fingerprint density at radius 2 is 2.00 bits per heavy atom. The smallest absolute Gasteiger partial charge is 0.130 e. The number of thioether (sulfide) groups is 1. The van der Waals surface area contributed by atoms with Crippen molar-refractivity contribution in [3.05, 3.63) is 46.2 Å². The van der Waals surface area contributed by atoms with E-state index in [2.05, 4.69) is 41.6 Å². The van der Waals surface area contributed by atoms with Gasteiger partial charge in [0, 0.05) is 23.5 Å². The Kier molecular flexibility index (Phi) is 5.73. The van der Waals surface area contributed by atoms with Crippen LogP contribution >= 0.6 is 23.4 Å².